The van der Waals surface area contributed by atoms with Crippen molar-refractivity contribution < 1.29 is 4.79 Å². The molecule has 2 atom stereocenters. The molecule has 0 unspecified atom stereocenters. The van der Waals surface area contributed by atoms with Crippen LogP contribution in [0.1, 0.15) is 34.3 Å². The molecule has 0 saturated carbocycles. The van der Waals surface area contributed by atoms with Gasteiger partial charge in [0.05, 0.1) is 16.6 Å². The van der Waals surface area contributed by atoms with Gasteiger partial charge in [0.1, 0.15) is 0 Å². The zero-order valence-corrected chi connectivity index (χ0v) is 12.6. The third-order valence-corrected chi connectivity index (χ3v) is 4.57. The van der Waals surface area contributed by atoms with Crippen molar-refractivity contribution in [2.75, 3.05) is 20.1 Å². The number of fused-ring (bicyclic) bond motifs is 3. The molecule has 1 aromatic carbocycles. The van der Waals surface area contributed by atoms with Crippen LogP contribution in [0, 0.1) is 0 Å². The molecule has 3 nitrogen and oxygen atoms in total. The summed E-state index contributed by atoms with van der Waals surface area (Å²) in [5.74, 6) is 0.451. The standard InChI is InChI=1S/C14H17ClN2O.ClH/c1-3-8-4-5-10(15)13-12(8)9-6-16-7-11(9)17(2)14(13)18;/h4-5,9,11,16H,3,6-7H2,1-2H3;1H/t9-,11-;/m0./s1. The Morgan fingerprint density at radius 2 is 2.16 bits per heavy atom. The molecule has 1 N–H and O–H groups in total. The van der Waals surface area contributed by atoms with Crippen molar-refractivity contribution in [1.29, 1.82) is 0 Å². The van der Waals surface area contributed by atoms with Crippen LogP contribution < -0.4 is 5.32 Å². The molecule has 0 radical (unpaired) electrons. The van der Waals surface area contributed by atoms with Gasteiger partial charge in [-0.3, -0.25) is 4.79 Å². The SMILES string of the molecule is CCc1ccc(Cl)c2c1[C@H]1CNC[C@@H]1N(C)C2=O.Cl. The van der Waals surface area contributed by atoms with E-state index in [-0.39, 0.29) is 24.4 Å². The van der Waals surface area contributed by atoms with Gasteiger partial charge in [-0.2, -0.15) is 0 Å². The van der Waals surface area contributed by atoms with Gasteiger partial charge in [-0.15, -0.1) is 12.4 Å². The van der Waals surface area contributed by atoms with Gasteiger partial charge in [0.15, 0.2) is 0 Å². The Bertz CT molecular complexity index is 518. The number of hydrogen-bond donors (Lipinski definition) is 1. The first-order valence-corrected chi connectivity index (χ1v) is 6.82. The zero-order valence-electron chi connectivity index (χ0n) is 11.1. The van der Waals surface area contributed by atoms with Gasteiger partial charge in [-0.1, -0.05) is 24.6 Å². The van der Waals surface area contributed by atoms with E-state index < -0.39 is 0 Å². The van der Waals surface area contributed by atoms with Crippen molar-refractivity contribution >= 4 is 29.9 Å². The molecular formula is C14H18Cl2N2O. The summed E-state index contributed by atoms with van der Waals surface area (Å²) in [6.45, 7) is 3.94. The summed E-state index contributed by atoms with van der Waals surface area (Å²) in [7, 11) is 1.88. The summed E-state index contributed by atoms with van der Waals surface area (Å²) in [5.41, 5.74) is 3.17. The number of carbonyl (C=O) groups is 1. The monoisotopic (exact) mass is 300 g/mol. The van der Waals surface area contributed by atoms with Gasteiger partial charge >= 0.3 is 0 Å². The fraction of sp³-hybridized carbons (Fsp3) is 0.500. The number of likely N-dealkylation sites (N-methyl/N-ethyl adjacent to an activating group) is 1. The summed E-state index contributed by atoms with van der Waals surface area (Å²) in [6, 6.07) is 4.19. The molecule has 0 aromatic heterocycles. The van der Waals surface area contributed by atoms with Crippen molar-refractivity contribution in [2.45, 2.75) is 25.3 Å². The maximum atomic E-state index is 12.5. The molecule has 19 heavy (non-hydrogen) atoms. The minimum absolute atomic E-state index is 0. The average molecular weight is 301 g/mol. The predicted molar refractivity (Wildman–Crippen MR) is 79.6 cm³/mol. The van der Waals surface area contributed by atoms with Gasteiger partial charge in [0, 0.05) is 26.1 Å². The number of aryl methyl sites for hydroxylation is 1. The van der Waals surface area contributed by atoms with E-state index in [0.717, 1.165) is 25.1 Å². The summed E-state index contributed by atoms with van der Waals surface area (Å²) in [5, 5.41) is 3.98. The second-order valence-electron chi connectivity index (χ2n) is 5.10. The molecular weight excluding hydrogens is 283 g/mol. The van der Waals surface area contributed by atoms with Gasteiger partial charge in [0.25, 0.3) is 5.91 Å². The first-order valence-electron chi connectivity index (χ1n) is 6.44. The van der Waals surface area contributed by atoms with Crippen LogP contribution >= 0.6 is 24.0 Å². The number of rotatable bonds is 1. The molecule has 0 bridgehead atoms. The minimum atomic E-state index is 0. The largest absolute Gasteiger partial charge is 0.337 e. The maximum absolute atomic E-state index is 12.5. The van der Waals surface area contributed by atoms with Crippen LogP contribution in [-0.2, 0) is 6.42 Å². The van der Waals surface area contributed by atoms with E-state index in [1.165, 1.54) is 11.1 Å². The zero-order chi connectivity index (χ0) is 12.9. The highest BCUT2D eigenvalue weighted by Crippen LogP contribution is 2.39. The Labute approximate surface area is 124 Å². The van der Waals surface area contributed by atoms with Gasteiger partial charge in [-0.05, 0) is 23.6 Å². The van der Waals surface area contributed by atoms with Crippen molar-refractivity contribution in [3.63, 3.8) is 0 Å². The fourth-order valence-corrected chi connectivity index (χ4v) is 3.52. The molecule has 2 aliphatic rings. The lowest BCUT2D eigenvalue weighted by atomic mass is 9.81. The van der Waals surface area contributed by atoms with Gasteiger partial charge in [0.2, 0.25) is 0 Å². The van der Waals surface area contributed by atoms with Crippen molar-refractivity contribution in [1.82, 2.24) is 10.2 Å². The second kappa shape index (κ2) is 5.31. The summed E-state index contributed by atoms with van der Waals surface area (Å²) in [4.78, 5) is 14.3. The van der Waals surface area contributed by atoms with Crippen molar-refractivity contribution in [2.24, 2.45) is 0 Å². The maximum Gasteiger partial charge on any atom is 0.255 e. The lowest BCUT2D eigenvalue weighted by Gasteiger charge is -2.37. The molecule has 3 rings (SSSR count). The third kappa shape index (κ3) is 2.04. The van der Waals surface area contributed by atoms with E-state index in [2.05, 4.69) is 18.3 Å². The lowest BCUT2D eigenvalue weighted by Crippen LogP contribution is -2.46. The molecule has 2 heterocycles. The molecule has 1 saturated heterocycles. The summed E-state index contributed by atoms with van der Waals surface area (Å²) in [6.07, 6.45) is 0.944. The Morgan fingerprint density at radius 1 is 1.42 bits per heavy atom. The van der Waals surface area contributed by atoms with Crippen molar-refractivity contribution in [3.8, 4) is 0 Å². The number of hydrogen-bond acceptors (Lipinski definition) is 2. The topological polar surface area (TPSA) is 32.3 Å². The van der Waals surface area contributed by atoms with Crippen LogP contribution in [0.3, 0.4) is 0 Å². The number of halogens is 2. The molecule has 1 amide bonds. The van der Waals surface area contributed by atoms with E-state index >= 15 is 0 Å². The van der Waals surface area contributed by atoms with Crippen LogP contribution in [0.5, 0.6) is 0 Å². The smallest absolute Gasteiger partial charge is 0.255 e. The summed E-state index contributed by atoms with van der Waals surface area (Å²) >= 11 is 6.25. The molecule has 0 aliphatic carbocycles. The highest BCUT2D eigenvalue weighted by molar-refractivity contribution is 6.34. The van der Waals surface area contributed by atoms with Gasteiger partial charge in [-0.25, -0.2) is 0 Å². The summed E-state index contributed by atoms with van der Waals surface area (Å²) < 4.78 is 0. The third-order valence-electron chi connectivity index (χ3n) is 4.25. The lowest BCUT2D eigenvalue weighted by molar-refractivity contribution is 0.0705. The normalized spacial score (nSPS) is 24.8. The Hall–Kier alpha value is -0.770. The van der Waals surface area contributed by atoms with Gasteiger partial charge < -0.3 is 10.2 Å². The molecule has 5 heteroatoms. The number of nitrogens with one attached hydrogen (secondary N) is 1. The number of carbonyl (C=O) groups excluding carboxylic acids is 1. The van der Waals surface area contributed by atoms with Crippen LogP contribution in [0.2, 0.25) is 5.02 Å². The molecule has 0 spiro atoms. The first kappa shape index (κ1) is 14.6. The van der Waals surface area contributed by atoms with Crippen LogP contribution in [0.4, 0.5) is 0 Å². The minimum Gasteiger partial charge on any atom is -0.337 e. The predicted octanol–water partition coefficient (Wildman–Crippen LogP) is 2.47. The Balaban J connectivity index is 0.00000133. The number of benzene rings is 1. The Morgan fingerprint density at radius 3 is 2.84 bits per heavy atom. The fourth-order valence-electron chi connectivity index (χ4n) is 3.28. The number of amides is 1. The van der Waals surface area contributed by atoms with Crippen LogP contribution in [0.25, 0.3) is 0 Å². The quantitative estimate of drug-likeness (QED) is 0.864. The van der Waals surface area contributed by atoms with E-state index in [1.807, 2.05) is 18.0 Å². The van der Waals surface area contributed by atoms with Crippen molar-refractivity contribution in [3.05, 3.63) is 33.8 Å². The first-order chi connectivity index (χ1) is 8.65. The molecule has 104 valence electrons. The molecule has 1 fully saturated rings. The molecule has 1 aromatic rings. The van der Waals surface area contributed by atoms with E-state index in [1.54, 1.807) is 0 Å². The van der Waals surface area contributed by atoms with E-state index in [4.69, 9.17) is 11.6 Å². The van der Waals surface area contributed by atoms with E-state index in [0.29, 0.717) is 10.9 Å². The average Bonchev–Trinajstić information content (AvgIpc) is 2.85. The number of nitrogens with zero attached hydrogens (tertiary/aromatic N) is 1. The molecule has 2 aliphatic heterocycles. The van der Waals surface area contributed by atoms with Crippen LogP contribution in [-0.4, -0.2) is 37.0 Å². The van der Waals surface area contributed by atoms with E-state index in [9.17, 15) is 4.79 Å². The highest BCUT2D eigenvalue weighted by atomic mass is 35.5. The highest BCUT2D eigenvalue weighted by Gasteiger charge is 2.42. The Kier molecular flexibility index (Phi) is 4.09. The second-order valence-corrected chi connectivity index (χ2v) is 5.50. The van der Waals surface area contributed by atoms with Crippen LogP contribution in [0.15, 0.2) is 12.1 Å².